The molecule has 2 aliphatic heterocycles. The van der Waals surface area contributed by atoms with Crippen LogP contribution in [0.5, 0.6) is 0 Å². The molecule has 2 unspecified atom stereocenters. The second-order valence-electron chi connectivity index (χ2n) is 10.4. The Labute approximate surface area is 211 Å². The molecular formula is C29H33FN4O2. The molecule has 2 atom stereocenters. The van der Waals surface area contributed by atoms with Crippen LogP contribution < -0.4 is 10.6 Å². The minimum absolute atomic E-state index is 0.104. The predicted octanol–water partition coefficient (Wildman–Crippen LogP) is 3.43. The van der Waals surface area contributed by atoms with E-state index in [9.17, 15) is 14.3 Å². The summed E-state index contributed by atoms with van der Waals surface area (Å²) < 4.78 is 13.7. The third-order valence-corrected chi connectivity index (χ3v) is 8.52. The molecule has 36 heavy (non-hydrogen) atoms. The number of rotatable bonds is 6. The first-order valence-electron chi connectivity index (χ1n) is 13.0. The van der Waals surface area contributed by atoms with Crippen LogP contribution in [-0.2, 0) is 11.2 Å². The lowest BCUT2D eigenvalue weighted by atomic mass is 9.84. The zero-order valence-electron chi connectivity index (χ0n) is 20.4. The molecule has 0 aromatic heterocycles. The zero-order chi connectivity index (χ0) is 24.9. The standard InChI is InChI=1S/C29H33FN4O2/c30-22-7-9-23(10-8-22)34-19-33(14-11-24(35)18-31)28(36)29(34)12-15-32(16-13-29)26-17-21-5-1-3-20-4-2-6-25(26)27(20)21/h1-10,24,26,35H,11-19,31H2. The Hall–Kier alpha value is -3.00. The third kappa shape index (κ3) is 3.77. The van der Waals surface area contributed by atoms with E-state index < -0.39 is 11.6 Å². The summed E-state index contributed by atoms with van der Waals surface area (Å²) in [5.74, 6) is -0.182. The molecule has 7 heteroatoms. The molecule has 6 nitrogen and oxygen atoms in total. The Morgan fingerprint density at radius 3 is 2.50 bits per heavy atom. The Bertz CT molecular complexity index is 1270. The molecule has 1 amide bonds. The molecule has 1 spiro atoms. The summed E-state index contributed by atoms with van der Waals surface area (Å²) in [7, 11) is 0. The minimum Gasteiger partial charge on any atom is -0.392 e. The molecular weight excluding hydrogens is 455 g/mol. The van der Waals surface area contributed by atoms with Crippen molar-refractivity contribution in [1.82, 2.24) is 9.80 Å². The number of carbonyl (C=O) groups excluding carboxylic acids is 1. The number of aliphatic hydroxyl groups excluding tert-OH is 1. The maximum Gasteiger partial charge on any atom is 0.250 e. The third-order valence-electron chi connectivity index (χ3n) is 8.52. The topological polar surface area (TPSA) is 73.0 Å². The molecule has 0 bridgehead atoms. The fourth-order valence-corrected chi connectivity index (χ4v) is 6.56. The molecule has 3 aromatic carbocycles. The van der Waals surface area contributed by atoms with Crippen LogP contribution in [0.15, 0.2) is 60.7 Å². The first-order valence-corrected chi connectivity index (χ1v) is 13.0. The fraction of sp³-hybridized carbons (Fsp3) is 0.414. The Kier molecular flexibility index (Phi) is 5.94. The van der Waals surface area contributed by atoms with E-state index in [1.165, 1.54) is 34.0 Å². The van der Waals surface area contributed by atoms with E-state index in [4.69, 9.17) is 5.73 Å². The number of amides is 1. The van der Waals surface area contributed by atoms with Gasteiger partial charge in [-0.2, -0.15) is 0 Å². The zero-order valence-corrected chi connectivity index (χ0v) is 20.4. The van der Waals surface area contributed by atoms with Crippen molar-refractivity contribution in [2.75, 3.05) is 37.7 Å². The van der Waals surface area contributed by atoms with E-state index >= 15 is 0 Å². The van der Waals surface area contributed by atoms with Crippen LogP contribution in [0.3, 0.4) is 0 Å². The summed E-state index contributed by atoms with van der Waals surface area (Å²) in [6, 6.07) is 19.9. The smallest absolute Gasteiger partial charge is 0.250 e. The number of hydrogen-bond acceptors (Lipinski definition) is 5. The fourth-order valence-electron chi connectivity index (χ4n) is 6.56. The van der Waals surface area contributed by atoms with Crippen molar-refractivity contribution < 1.29 is 14.3 Å². The van der Waals surface area contributed by atoms with E-state index in [2.05, 4.69) is 46.2 Å². The number of benzene rings is 3. The van der Waals surface area contributed by atoms with Crippen molar-refractivity contribution >= 4 is 22.4 Å². The number of anilines is 1. The van der Waals surface area contributed by atoms with Crippen molar-refractivity contribution in [2.45, 2.75) is 43.4 Å². The number of hydrogen-bond donors (Lipinski definition) is 2. The van der Waals surface area contributed by atoms with Gasteiger partial charge in [0, 0.05) is 37.9 Å². The van der Waals surface area contributed by atoms with Gasteiger partial charge in [-0.25, -0.2) is 4.39 Å². The first-order chi connectivity index (χ1) is 17.5. The minimum atomic E-state index is -0.653. The summed E-state index contributed by atoms with van der Waals surface area (Å²) in [5, 5.41) is 12.7. The number of carbonyl (C=O) groups is 1. The number of likely N-dealkylation sites (tertiary alicyclic amines) is 1. The van der Waals surface area contributed by atoms with Crippen molar-refractivity contribution in [3.63, 3.8) is 0 Å². The number of halogens is 1. The van der Waals surface area contributed by atoms with Crippen molar-refractivity contribution in [1.29, 1.82) is 0 Å². The van der Waals surface area contributed by atoms with Crippen LogP contribution in [0.1, 0.15) is 36.4 Å². The monoisotopic (exact) mass is 488 g/mol. The van der Waals surface area contributed by atoms with E-state index in [1.807, 2.05) is 4.90 Å². The van der Waals surface area contributed by atoms with Crippen LogP contribution in [0.2, 0.25) is 0 Å². The van der Waals surface area contributed by atoms with Gasteiger partial charge in [0.05, 0.1) is 12.8 Å². The summed E-state index contributed by atoms with van der Waals surface area (Å²) in [6.07, 6.45) is 2.25. The average molecular weight is 489 g/mol. The van der Waals surface area contributed by atoms with Gasteiger partial charge >= 0.3 is 0 Å². The number of aliphatic hydroxyl groups is 1. The highest BCUT2D eigenvalue weighted by atomic mass is 19.1. The van der Waals surface area contributed by atoms with Gasteiger partial charge in [0.1, 0.15) is 11.4 Å². The van der Waals surface area contributed by atoms with Gasteiger partial charge < -0.3 is 20.6 Å². The van der Waals surface area contributed by atoms with E-state index in [-0.39, 0.29) is 18.3 Å². The molecule has 2 fully saturated rings. The maximum atomic E-state index is 13.9. The quantitative estimate of drug-likeness (QED) is 0.556. The molecule has 3 aliphatic rings. The lowest BCUT2D eigenvalue weighted by molar-refractivity contribution is -0.134. The van der Waals surface area contributed by atoms with Crippen LogP contribution in [0.25, 0.3) is 10.8 Å². The number of nitrogens with zero attached hydrogens (tertiary/aromatic N) is 3. The molecule has 3 N–H and O–H groups in total. The van der Waals surface area contributed by atoms with Gasteiger partial charge in [-0.3, -0.25) is 9.69 Å². The van der Waals surface area contributed by atoms with Gasteiger partial charge in [-0.1, -0.05) is 36.4 Å². The van der Waals surface area contributed by atoms with Crippen LogP contribution in [0.4, 0.5) is 10.1 Å². The Morgan fingerprint density at radius 2 is 1.78 bits per heavy atom. The maximum absolute atomic E-state index is 13.9. The van der Waals surface area contributed by atoms with Crippen molar-refractivity contribution in [3.8, 4) is 0 Å². The molecule has 6 rings (SSSR count). The highest BCUT2D eigenvalue weighted by Crippen LogP contribution is 2.45. The lowest BCUT2D eigenvalue weighted by Gasteiger charge is -2.45. The highest BCUT2D eigenvalue weighted by Gasteiger charge is 2.54. The number of piperidine rings is 1. The predicted molar refractivity (Wildman–Crippen MR) is 139 cm³/mol. The second-order valence-corrected chi connectivity index (χ2v) is 10.4. The molecule has 1 aliphatic carbocycles. The Balaban J connectivity index is 1.25. The summed E-state index contributed by atoms with van der Waals surface area (Å²) in [4.78, 5) is 20.4. The molecule has 0 radical (unpaired) electrons. The van der Waals surface area contributed by atoms with Crippen LogP contribution in [-0.4, -0.2) is 65.3 Å². The largest absolute Gasteiger partial charge is 0.392 e. The summed E-state index contributed by atoms with van der Waals surface area (Å²) in [6.45, 7) is 2.71. The summed E-state index contributed by atoms with van der Waals surface area (Å²) in [5.41, 5.74) is 8.59. The average Bonchev–Trinajstić information content (AvgIpc) is 3.41. The van der Waals surface area contributed by atoms with Crippen molar-refractivity contribution in [2.24, 2.45) is 5.73 Å². The van der Waals surface area contributed by atoms with Crippen LogP contribution in [0, 0.1) is 5.82 Å². The van der Waals surface area contributed by atoms with Gasteiger partial charge in [-0.15, -0.1) is 0 Å². The van der Waals surface area contributed by atoms with Gasteiger partial charge in [-0.05, 0) is 71.8 Å². The number of nitrogens with two attached hydrogens (primary N) is 1. The van der Waals surface area contributed by atoms with Gasteiger partial charge in [0.2, 0.25) is 5.91 Å². The lowest BCUT2D eigenvalue weighted by Crippen LogP contribution is -2.57. The molecule has 188 valence electrons. The second kappa shape index (κ2) is 9.14. The molecule has 2 saturated heterocycles. The van der Waals surface area contributed by atoms with Crippen molar-refractivity contribution in [3.05, 3.63) is 77.6 Å². The van der Waals surface area contributed by atoms with Gasteiger partial charge in [0.15, 0.2) is 0 Å². The molecule has 3 aromatic rings. The normalized spacial score (nSPS) is 22.2. The van der Waals surface area contributed by atoms with Gasteiger partial charge in [0.25, 0.3) is 0 Å². The Morgan fingerprint density at radius 1 is 1.06 bits per heavy atom. The van der Waals surface area contributed by atoms with E-state index in [1.54, 1.807) is 12.1 Å². The van der Waals surface area contributed by atoms with E-state index in [0.717, 1.165) is 25.2 Å². The molecule has 0 saturated carbocycles. The van der Waals surface area contributed by atoms with E-state index in [0.29, 0.717) is 38.5 Å². The highest BCUT2D eigenvalue weighted by molar-refractivity contribution is 5.94. The first kappa shape index (κ1) is 23.4. The summed E-state index contributed by atoms with van der Waals surface area (Å²) >= 11 is 0. The SMILES string of the molecule is NCC(O)CCN1CN(c2ccc(F)cc2)C2(CCN(C3Cc4cccc5cccc3c45)CC2)C1=O. The van der Waals surface area contributed by atoms with Crippen LogP contribution >= 0.6 is 0 Å². The molecule has 2 heterocycles.